The molecular formula is C18H23Cl2N3O. The van der Waals surface area contributed by atoms with E-state index in [9.17, 15) is 4.79 Å². The predicted octanol–water partition coefficient (Wildman–Crippen LogP) is 3.12. The second-order valence-corrected chi connectivity index (χ2v) is 5.81. The molecule has 1 aliphatic rings. The molecule has 0 bridgehead atoms. The molecule has 1 fully saturated rings. The van der Waals surface area contributed by atoms with Crippen LogP contribution >= 0.6 is 24.8 Å². The number of nitrogens with two attached hydrogens (primary N) is 1. The molecule has 3 N–H and O–H groups in total. The zero-order valence-electron chi connectivity index (χ0n) is 13.4. The topological polar surface area (TPSA) is 58.4 Å². The molecule has 1 heterocycles. The lowest BCUT2D eigenvalue weighted by Gasteiger charge is -2.17. The van der Waals surface area contributed by atoms with Crippen LogP contribution in [0.4, 0.5) is 5.69 Å². The number of hydrogen-bond donors (Lipinski definition) is 2. The van der Waals surface area contributed by atoms with Crippen molar-refractivity contribution >= 4 is 36.4 Å². The van der Waals surface area contributed by atoms with Gasteiger partial charge in [0.05, 0.1) is 0 Å². The van der Waals surface area contributed by atoms with E-state index in [2.05, 4.69) is 34.5 Å². The van der Waals surface area contributed by atoms with E-state index in [1.54, 1.807) is 24.3 Å². The van der Waals surface area contributed by atoms with Crippen LogP contribution in [0.25, 0.3) is 0 Å². The first-order chi connectivity index (χ1) is 10.7. The molecule has 2 aromatic rings. The monoisotopic (exact) mass is 367 g/mol. The second-order valence-electron chi connectivity index (χ2n) is 5.81. The van der Waals surface area contributed by atoms with Crippen molar-refractivity contribution in [1.29, 1.82) is 0 Å². The van der Waals surface area contributed by atoms with Crippen LogP contribution in [-0.4, -0.2) is 29.9 Å². The molecule has 0 aliphatic carbocycles. The van der Waals surface area contributed by atoms with Gasteiger partial charge in [-0.2, -0.15) is 0 Å². The average Bonchev–Trinajstić information content (AvgIpc) is 2.95. The minimum Gasteiger partial charge on any atom is -0.399 e. The first kappa shape index (κ1) is 20.3. The van der Waals surface area contributed by atoms with Crippen molar-refractivity contribution in [3.8, 4) is 0 Å². The number of carbonyl (C=O) groups is 1. The lowest BCUT2D eigenvalue weighted by molar-refractivity contribution is 0.0937. The third-order valence-corrected chi connectivity index (χ3v) is 4.01. The van der Waals surface area contributed by atoms with Gasteiger partial charge in [0.2, 0.25) is 0 Å². The van der Waals surface area contributed by atoms with Crippen LogP contribution in [0.1, 0.15) is 22.3 Å². The molecule has 0 saturated carbocycles. The molecule has 24 heavy (non-hydrogen) atoms. The first-order valence-corrected chi connectivity index (χ1v) is 7.63. The van der Waals surface area contributed by atoms with Gasteiger partial charge in [-0.15, -0.1) is 24.8 Å². The fourth-order valence-electron chi connectivity index (χ4n) is 2.88. The highest BCUT2D eigenvalue weighted by molar-refractivity contribution is 5.95. The maximum atomic E-state index is 12.2. The van der Waals surface area contributed by atoms with Crippen LogP contribution in [0.2, 0.25) is 0 Å². The van der Waals surface area contributed by atoms with Crippen LogP contribution in [0.3, 0.4) is 0 Å². The highest BCUT2D eigenvalue weighted by Crippen LogP contribution is 2.14. The molecule has 3 rings (SSSR count). The van der Waals surface area contributed by atoms with Gasteiger partial charge in [0.15, 0.2) is 0 Å². The van der Waals surface area contributed by atoms with Crippen LogP contribution < -0.4 is 11.1 Å². The molecule has 1 amide bonds. The van der Waals surface area contributed by atoms with Crippen molar-refractivity contribution < 1.29 is 4.79 Å². The molecule has 1 aliphatic heterocycles. The summed E-state index contributed by atoms with van der Waals surface area (Å²) >= 11 is 0. The minimum atomic E-state index is -0.0427. The number of carbonyl (C=O) groups excluding carboxylic acids is 1. The molecule has 0 radical (unpaired) electrons. The van der Waals surface area contributed by atoms with Crippen LogP contribution in [0.15, 0.2) is 54.6 Å². The first-order valence-electron chi connectivity index (χ1n) is 7.63. The summed E-state index contributed by atoms with van der Waals surface area (Å²) in [5, 5.41) is 3.10. The lowest BCUT2D eigenvalue weighted by Crippen LogP contribution is -2.37. The van der Waals surface area contributed by atoms with E-state index in [0.717, 1.165) is 26.1 Å². The molecule has 4 nitrogen and oxygen atoms in total. The van der Waals surface area contributed by atoms with Gasteiger partial charge in [0, 0.05) is 36.9 Å². The van der Waals surface area contributed by atoms with Crippen molar-refractivity contribution in [2.45, 2.75) is 19.0 Å². The number of halogens is 2. The SMILES string of the molecule is Cl.Cl.Nc1cccc(C(=O)NC2CCN(Cc3ccccc3)C2)c1. The average molecular weight is 368 g/mol. The number of nitrogens with one attached hydrogen (secondary N) is 1. The zero-order valence-corrected chi connectivity index (χ0v) is 15.0. The van der Waals surface area contributed by atoms with Crippen LogP contribution in [0.5, 0.6) is 0 Å². The predicted molar refractivity (Wildman–Crippen MR) is 103 cm³/mol. The fraction of sp³-hybridized carbons (Fsp3) is 0.278. The Kier molecular flexibility index (Phi) is 8.05. The Morgan fingerprint density at radius 1 is 1.12 bits per heavy atom. The summed E-state index contributed by atoms with van der Waals surface area (Å²) in [6, 6.07) is 17.7. The Hall–Kier alpha value is -1.75. The van der Waals surface area contributed by atoms with Crippen molar-refractivity contribution in [2.75, 3.05) is 18.8 Å². The van der Waals surface area contributed by atoms with Gasteiger partial charge in [-0.3, -0.25) is 9.69 Å². The van der Waals surface area contributed by atoms with Gasteiger partial charge in [0.25, 0.3) is 5.91 Å². The quantitative estimate of drug-likeness (QED) is 0.816. The number of hydrogen-bond acceptors (Lipinski definition) is 3. The number of rotatable bonds is 4. The molecule has 2 aromatic carbocycles. The Bertz CT molecular complexity index is 652. The summed E-state index contributed by atoms with van der Waals surface area (Å²) < 4.78 is 0. The summed E-state index contributed by atoms with van der Waals surface area (Å²) in [6.07, 6.45) is 0.987. The van der Waals surface area contributed by atoms with Gasteiger partial charge in [-0.25, -0.2) is 0 Å². The zero-order chi connectivity index (χ0) is 15.4. The highest BCUT2D eigenvalue weighted by atomic mass is 35.5. The van der Waals surface area contributed by atoms with E-state index in [0.29, 0.717) is 11.3 Å². The normalized spacial score (nSPS) is 16.8. The van der Waals surface area contributed by atoms with Crippen molar-refractivity contribution in [2.24, 2.45) is 0 Å². The van der Waals surface area contributed by atoms with Crippen molar-refractivity contribution in [3.63, 3.8) is 0 Å². The second kappa shape index (κ2) is 9.52. The maximum Gasteiger partial charge on any atom is 0.251 e. The summed E-state index contributed by atoms with van der Waals surface area (Å²) in [5.74, 6) is -0.0427. The minimum absolute atomic E-state index is 0. The number of amides is 1. The fourth-order valence-corrected chi connectivity index (χ4v) is 2.88. The molecule has 0 aromatic heterocycles. The molecule has 1 unspecified atom stereocenters. The van der Waals surface area contributed by atoms with Gasteiger partial charge >= 0.3 is 0 Å². The number of anilines is 1. The number of nitrogens with zero attached hydrogens (tertiary/aromatic N) is 1. The summed E-state index contributed by atoms with van der Waals surface area (Å²) in [7, 11) is 0. The Balaban J connectivity index is 0.00000144. The third kappa shape index (κ3) is 5.41. The van der Waals surface area contributed by atoms with Gasteiger partial charge in [0.1, 0.15) is 0 Å². The lowest BCUT2D eigenvalue weighted by atomic mass is 10.1. The molecule has 1 atom stereocenters. The number of nitrogen functional groups attached to an aromatic ring is 1. The molecule has 1 saturated heterocycles. The standard InChI is InChI=1S/C18H21N3O.2ClH/c19-16-8-4-7-15(11-16)18(22)20-17-9-10-21(13-17)12-14-5-2-1-3-6-14;;/h1-8,11,17H,9-10,12-13,19H2,(H,20,22);2*1H. The summed E-state index contributed by atoms with van der Waals surface area (Å²) in [4.78, 5) is 14.6. The van der Waals surface area contributed by atoms with E-state index in [4.69, 9.17) is 5.73 Å². The number of likely N-dealkylation sites (tertiary alicyclic amines) is 1. The Morgan fingerprint density at radius 3 is 2.58 bits per heavy atom. The molecule has 0 spiro atoms. The molecule has 130 valence electrons. The van der Waals surface area contributed by atoms with Crippen LogP contribution in [0, 0.1) is 0 Å². The summed E-state index contributed by atoms with van der Waals surface area (Å²) in [6.45, 7) is 2.84. The van der Waals surface area contributed by atoms with Crippen molar-refractivity contribution in [1.82, 2.24) is 10.2 Å². The number of benzene rings is 2. The van der Waals surface area contributed by atoms with E-state index >= 15 is 0 Å². The van der Waals surface area contributed by atoms with E-state index in [-0.39, 0.29) is 36.8 Å². The van der Waals surface area contributed by atoms with Gasteiger partial charge in [-0.1, -0.05) is 36.4 Å². The largest absolute Gasteiger partial charge is 0.399 e. The van der Waals surface area contributed by atoms with Gasteiger partial charge in [-0.05, 0) is 30.2 Å². The van der Waals surface area contributed by atoms with E-state index in [1.807, 2.05) is 6.07 Å². The molecular weight excluding hydrogens is 345 g/mol. The van der Waals surface area contributed by atoms with E-state index in [1.165, 1.54) is 5.56 Å². The van der Waals surface area contributed by atoms with E-state index < -0.39 is 0 Å². The highest BCUT2D eigenvalue weighted by Gasteiger charge is 2.24. The third-order valence-electron chi connectivity index (χ3n) is 4.01. The van der Waals surface area contributed by atoms with Gasteiger partial charge < -0.3 is 11.1 Å². The van der Waals surface area contributed by atoms with Crippen molar-refractivity contribution in [3.05, 3.63) is 65.7 Å². The Morgan fingerprint density at radius 2 is 1.88 bits per heavy atom. The Labute approximate surface area is 155 Å². The summed E-state index contributed by atoms with van der Waals surface area (Å²) in [5.41, 5.74) is 8.28. The maximum absolute atomic E-state index is 12.2. The van der Waals surface area contributed by atoms with Crippen LogP contribution in [-0.2, 0) is 6.54 Å². The molecule has 6 heteroatoms. The smallest absolute Gasteiger partial charge is 0.251 e.